The van der Waals surface area contributed by atoms with Gasteiger partial charge in [-0.15, -0.1) is 0 Å². The topological polar surface area (TPSA) is 82.6 Å². The largest absolute Gasteiger partial charge is 0.503 e. The Hall–Kier alpha value is -2.60. The molecule has 1 aromatic carbocycles. The zero-order valence-corrected chi connectivity index (χ0v) is 12.6. The molecule has 6 nitrogen and oxygen atoms in total. The third kappa shape index (κ3) is 3.78. The number of benzene rings is 1. The number of nitrogens with zero attached hydrogens (tertiary/aromatic N) is 1. The fourth-order valence-corrected chi connectivity index (χ4v) is 2.69. The Morgan fingerprint density at radius 3 is 2.83 bits per heavy atom. The number of carbonyl (C=O) groups excluding carboxylic acids is 1. The lowest BCUT2D eigenvalue weighted by Gasteiger charge is -2.17. The molecule has 1 atom stereocenters. The summed E-state index contributed by atoms with van der Waals surface area (Å²) in [5.74, 6) is 0.482. The van der Waals surface area contributed by atoms with E-state index in [1.165, 1.54) is 12.3 Å². The van der Waals surface area contributed by atoms with Crippen LogP contribution in [0.4, 0.5) is 0 Å². The number of aldehydes is 1. The average molecular weight is 314 g/mol. The second kappa shape index (κ2) is 6.66. The van der Waals surface area contributed by atoms with E-state index in [0.717, 1.165) is 37.2 Å². The highest BCUT2D eigenvalue weighted by Gasteiger charge is 2.24. The number of hydrogen-bond donors (Lipinski definition) is 2. The first-order chi connectivity index (χ1) is 11.1. The second-order valence-corrected chi connectivity index (χ2v) is 5.66. The maximum Gasteiger partial charge on any atom is 0.223 e. The van der Waals surface area contributed by atoms with Crippen molar-refractivity contribution in [2.45, 2.75) is 19.1 Å². The number of pyridine rings is 1. The summed E-state index contributed by atoms with van der Waals surface area (Å²) >= 11 is 0. The van der Waals surface area contributed by atoms with E-state index in [9.17, 15) is 14.7 Å². The number of hydrogen-bond acceptors (Lipinski definition) is 5. The van der Waals surface area contributed by atoms with Crippen molar-refractivity contribution in [1.29, 1.82) is 0 Å². The van der Waals surface area contributed by atoms with Gasteiger partial charge in [0.05, 0.1) is 0 Å². The van der Waals surface area contributed by atoms with Crippen LogP contribution in [0.2, 0.25) is 0 Å². The Balaban J connectivity index is 1.56. The first-order valence-corrected chi connectivity index (χ1v) is 7.49. The molecule has 0 amide bonds. The number of aromatic amines is 1. The van der Waals surface area contributed by atoms with E-state index < -0.39 is 0 Å². The van der Waals surface area contributed by atoms with Gasteiger partial charge in [-0.1, -0.05) is 0 Å². The molecular weight excluding hydrogens is 296 g/mol. The number of nitrogens with one attached hydrogen (secondary N) is 1. The van der Waals surface area contributed by atoms with Crippen molar-refractivity contribution in [3.05, 3.63) is 58.0 Å². The predicted octanol–water partition coefficient (Wildman–Crippen LogP) is 1.55. The summed E-state index contributed by atoms with van der Waals surface area (Å²) in [7, 11) is 0. The molecule has 1 saturated heterocycles. The van der Waals surface area contributed by atoms with E-state index in [4.69, 9.17) is 4.74 Å². The number of ether oxygens (including phenoxy) is 1. The monoisotopic (exact) mass is 314 g/mol. The maximum atomic E-state index is 11.4. The Kier molecular flexibility index (Phi) is 4.43. The van der Waals surface area contributed by atoms with Crippen molar-refractivity contribution in [3.63, 3.8) is 0 Å². The summed E-state index contributed by atoms with van der Waals surface area (Å²) in [4.78, 5) is 27.2. The van der Waals surface area contributed by atoms with Gasteiger partial charge in [-0.2, -0.15) is 0 Å². The summed E-state index contributed by atoms with van der Waals surface area (Å²) in [6.07, 6.45) is 3.11. The van der Waals surface area contributed by atoms with Crippen molar-refractivity contribution >= 4 is 6.29 Å². The van der Waals surface area contributed by atoms with Crippen LogP contribution in [0.15, 0.2) is 41.3 Å². The van der Waals surface area contributed by atoms with E-state index >= 15 is 0 Å². The Morgan fingerprint density at radius 2 is 2.13 bits per heavy atom. The van der Waals surface area contributed by atoms with Crippen molar-refractivity contribution in [3.8, 4) is 11.5 Å². The summed E-state index contributed by atoms with van der Waals surface area (Å²) < 4.78 is 5.92. The van der Waals surface area contributed by atoms with Crippen LogP contribution in [0, 0.1) is 0 Å². The second-order valence-electron chi connectivity index (χ2n) is 5.66. The number of likely N-dealkylation sites (tertiary alicyclic amines) is 1. The van der Waals surface area contributed by atoms with E-state index in [-0.39, 0.29) is 17.3 Å². The molecule has 1 fully saturated rings. The molecule has 0 spiro atoms. The maximum absolute atomic E-state index is 11.4. The summed E-state index contributed by atoms with van der Waals surface area (Å²) in [5, 5.41) is 9.25. The number of aromatic nitrogens is 1. The third-order valence-electron chi connectivity index (χ3n) is 3.89. The van der Waals surface area contributed by atoms with Gasteiger partial charge in [-0.3, -0.25) is 14.5 Å². The van der Waals surface area contributed by atoms with E-state index in [1.54, 1.807) is 24.3 Å². The minimum atomic E-state index is -0.374. The standard InChI is InChI=1S/C17H18N2O4/c20-11-12-1-3-14(4-2-12)23-15-5-6-19(10-15)9-13-7-16(21)17(22)8-18-13/h1-4,7-8,11,15,22H,5-6,9-10H2,(H,18,21). The predicted molar refractivity (Wildman–Crippen MR) is 84.9 cm³/mol. The number of H-pyrrole nitrogens is 1. The molecule has 0 aliphatic carbocycles. The highest BCUT2D eigenvalue weighted by molar-refractivity contribution is 5.74. The fraction of sp³-hybridized carbons (Fsp3) is 0.294. The average Bonchev–Trinajstić information content (AvgIpc) is 2.99. The van der Waals surface area contributed by atoms with Crippen molar-refractivity contribution < 1.29 is 14.6 Å². The van der Waals surface area contributed by atoms with Crippen molar-refractivity contribution in [2.75, 3.05) is 13.1 Å². The van der Waals surface area contributed by atoms with Gasteiger partial charge in [0.2, 0.25) is 5.43 Å². The highest BCUT2D eigenvalue weighted by Crippen LogP contribution is 2.19. The molecule has 120 valence electrons. The molecule has 23 heavy (non-hydrogen) atoms. The normalized spacial score (nSPS) is 18.0. The molecule has 1 aromatic heterocycles. The quantitative estimate of drug-likeness (QED) is 0.818. The summed E-state index contributed by atoms with van der Waals surface area (Å²) in [6.45, 7) is 2.25. The summed E-state index contributed by atoms with van der Waals surface area (Å²) in [6, 6.07) is 8.47. The Labute approximate surface area is 133 Å². The molecule has 2 heterocycles. The van der Waals surface area contributed by atoms with Crippen LogP contribution in [-0.2, 0) is 6.54 Å². The molecule has 1 aliphatic rings. The van der Waals surface area contributed by atoms with Gasteiger partial charge in [0, 0.05) is 43.2 Å². The molecule has 2 aromatic rings. The van der Waals surface area contributed by atoms with Crippen LogP contribution in [0.25, 0.3) is 0 Å². The summed E-state index contributed by atoms with van der Waals surface area (Å²) in [5.41, 5.74) is 1.02. The molecule has 0 saturated carbocycles. The van der Waals surface area contributed by atoms with E-state index in [1.807, 2.05) is 0 Å². The Bertz CT molecular complexity index is 739. The van der Waals surface area contributed by atoms with Crippen molar-refractivity contribution in [2.24, 2.45) is 0 Å². The third-order valence-corrected chi connectivity index (χ3v) is 3.89. The molecule has 2 N–H and O–H groups in total. The molecule has 1 unspecified atom stereocenters. The van der Waals surface area contributed by atoms with Crippen molar-refractivity contribution in [1.82, 2.24) is 9.88 Å². The first kappa shape index (κ1) is 15.3. The van der Waals surface area contributed by atoms with Gasteiger partial charge in [0.1, 0.15) is 18.1 Å². The minimum Gasteiger partial charge on any atom is -0.503 e. The SMILES string of the molecule is O=Cc1ccc(OC2CCN(Cc3cc(=O)c(O)c[nH]3)C2)cc1. The molecule has 3 rings (SSSR count). The van der Waals surface area contributed by atoms with Gasteiger partial charge in [-0.05, 0) is 30.7 Å². The van der Waals surface area contributed by atoms with Gasteiger partial charge in [0.15, 0.2) is 5.75 Å². The van der Waals surface area contributed by atoms with Gasteiger partial charge >= 0.3 is 0 Å². The lowest BCUT2D eigenvalue weighted by molar-refractivity contribution is 0.112. The number of carbonyl (C=O) groups is 1. The molecule has 0 radical (unpaired) electrons. The smallest absolute Gasteiger partial charge is 0.223 e. The minimum absolute atomic E-state index is 0.0842. The molecule has 1 aliphatic heterocycles. The van der Waals surface area contributed by atoms with Crippen LogP contribution in [0.1, 0.15) is 22.5 Å². The highest BCUT2D eigenvalue weighted by atomic mass is 16.5. The zero-order chi connectivity index (χ0) is 16.2. The van der Waals surface area contributed by atoms with Crippen LogP contribution in [0.3, 0.4) is 0 Å². The van der Waals surface area contributed by atoms with Gasteiger partial charge in [0.25, 0.3) is 0 Å². The lowest BCUT2D eigenvalue weighted by atomic mass is 10.2. The molecule has 0 bridgehead atoms. The molecule has 6 heteroatoms. The van der Waals surface area contributed by atoms with Crippen LogP contribution >= 0.6 is 0 Å². The van der Waals surface area contributed by atoms with E-state index in [2.05, 4.69) is 9.88 Å². The number of rotatable bonds is 5. The van der Waals surface area contributed by atoms with Crippen LogP contribution < -0.4 is 10.2 Å². The Morgan fingerprint density at radius 1 is 1.35 bits per heavy atom. The molecular formula is C17H18N2O4. The first-order valence-electron chi connectivity index (χ1n) is 7.49. The van der Waals surface area contributed by atoms with Crippen LogP contribution in [0.5, 0.6) is 11.5 Å². The van der Waals surface area contributed by atoms with Crippen LogP contribution in [-0.4, -0.2) is 40.5 Å². The lowest BCUT2D eigenvalue weighted by Crippen LogP contribution is -2.25. The number of aromatic hydroxyl groups is 1. The van der Waals surface area contributed by atoms with E-state index in [0.29, 0.717) is 12.1 Å². The van der Waals surface area contributed by atoms with Gasteiger partial charge < -0.3 is 14.8 Å². The van der Waals surface area contributed by atoms with Gasteiger partial charge in [-0.25, -0.2) is 0 Å². The fourth-order valence-electron chi connectivity index (χ4n) is 2.69. The zero-order valence-electron chi connectivity index (χ0n) is 12.6.